The standard InChI is InChI=1S/C12H14N2O2S2/c13-8-10-4-1-2-6-12(10)18(15,16)14-11-5-3-7-17-9-11/h1-2,4,6,11,14H,3,5,7,9H2. The van der Waals surface area contributed by atoms with Crippen LogP contribution in [0.5, 0.6) is 0 Å². The molecule has 1 N–H and O–H groups in total. The van der Waals surface area contributed by atoms with E-state index in [4.69, 9.17) is 5.26 Å². The molecule has 18 heavy (non-hydrogen) atoms. The highest BCUT2D eigenvalue weighted by Crippen LogP contribution is 2.20. The topological polar surface area (TPSA) is 70.0 Å². The Balaban J connectivity index is 2.22. The molecule has 1 atom stereocenters. The number of thioether (sulfide) groups is 1. The SMILES string of the molecule is N#Cc1ccccc1S(=O)(=O)NC1CCCSC1. The predicted molar refractivity (Wildman–Crippen MR) is 71.8 cm³/mol. The van der Waals surface area contributed by atoms with Gasteiger partial charge in [0.05, 0.1) is 10.5 Å². The number of rotatable bonds is 3. The molecular formula is C12H14N2O2S2. The molecule has 1 aliphatic rings. The lowest BCUT2D eigenvalue weighted by molar-refractivity contribution is 0.543. The number of benzene rings is 1. The number of nitrogens with one attached hydrogen (secondary N) is 1. The van der Waals surface area contributed by atoms with Gasteiger partial charge in [0.25, 0.3) is 0 Å². The first-order valence-corrected chi connectivity index (χ1v) is 8.36. The molecule has 0 amide bonds. The van der Waals surface area contributed by atoms with Crippen LogP contribution >= 0.6 is 11.8 Å². The maximum absolute atomic E-state index is 12.2. The number of hydrogen-bond donors (Lipinski definition) is 1. The smallest absolute Gasteiger partial charge is 0.207 e. The molecule has 1 fully saturated rings. The van der Waals surface area contributed by atoms with Gasteiger partial charge >= 0.3 is 0 Å². The average molecular weight is 282 g/mol. The minimum Gasteiger partial charge on any atom is -0.207 e. The van der Waals surface area contributed by atoms with Gasteiger partial charge in [0, 0.05) is 11.8 Å². The minimum absolute atomic E-state index is 0.0273. The third-order valence-electron chi connectivity index (χ3n) is 2.78. The molecule has 1 saturated heterocycles. The van der Waals surface area contributed by atoms with Gasteiger partial charge in [-0.15, -0.1) is 0 Å². The monoisotopic (exact) mass is 282 g/mol. The van der Waals surface area contributed by atoms with Crippen LogP contribution < -0.4 is 4.72 Å². The zero-order chi connectivity index (χ0) is 13.0. The van der Waals surface area contributed by atoms with E-state index in [-0.39, 0.29) is 16.5 Å². The first-order chi connectivity index (χ1) is 8.63. The Bertz CT molecular complexity index is 558. The summed E-state index contributed by atoms with van der Waals surface area (Å²) in [7, 11) is -3.59. The maximum Gasteiger partial charge on any atom is 0.242 e. The molecule has 96 valence electrons. The molecule has 0 aliphatic carbocycles. The van der Waals surface area contributed by atoms with Crippen molar-refractivity contribution in [2.75, 3.05) is 11.5 Å². The third-order valence-corrected chi connectivity index (χ3v) is 5.57. The first kappa shape index (κ1) is 13.4. The summed E-state index contributed by atoms with van der Waals surface area (Å²) in [5.74, 6) is 1.89. The second-order valence-electron chi connectivity index (χ2n) is 4.14. The Morgan fingerprint density at radius 1 is 1.39 bits per heavy atom. The van der Waals surface area contributed by atoms with Crippen LogP contribution in [0.1, 0.15) is 18.4 Å². The van der Waals surface area contributed by atoms with Crippen molar-refractivity contribution in [3.8, 4) is 6.07 Å². The van der Waals surface area contributed by atoms with Gasteiger partial charge in [-0.2, -0.15) is 17.0 Å². The van der Waals surface area contributed by atoms with E-state index in [0.717, 1.165) is 24.3 Å². The van der Waals surface area contributed by atoms with Gasteiger partial charge in [-0.05, 0) is 30.7 Å². The fourth-order valence-corrected chi connectivity index (χ4v) is 4.52. The molecule has 0 aromatic heterocycles. The van der Waals surface area contributed by atoms with E-state index in [1.54, 1.807) is 23.9 Å². The van der Waals surface area contributed by atoms with E-state index < -0.39 is 10.0 Å². The van der Waals surface area contributed by atoms with Crippen molar-refractivity contribution in [2.24, 2.45) is 0 Å². The van der Waals surface area contributed by atoms with Gasteiger partial charge in [0.15, 0.2) is 0 Å². The van der Waals surface area contributed by atoms with E-state index in [2.05, 4.69) is 4.72 Å². The third kappa shape index (κ3) is 3.05. The van der Waals surface area contributed by atoms with E-state index in [1.165, 1.54) is 12.1 Å². The van der Waals surface area contributed by atoms with Gasteiger partial charge in [0.2, 0.25) is 10.0 Å². The van der Waals surface area contributed by atoms with Crippen molar-refractivity contribution in [3.63, 3.8) is 0 Å². The molecule has 0 bridgehead atoms. The normalized spacial score (nSPS) is 20.3. The van der Waals surface area contributed by atoms with Crippen molar-refractivity contribution < 1.29 is 8.42 Å². The Morgan fingerprint density at radius 2 is 2.17 bits per heavy atom. The number of nitriles is 1. The van der Waals surface area contributed by atoms with Crippen molar-refractivity contribution in [1.82, 2.24) is 4.72 Å². The summed E-state index contributed by atoms with van der Waals surface area (Å²) in [6.07, 6.45) is 1.89. The number of nitrogens with zero attached hydrogens (tertiary/aromatic N) is 1. The fourth-order valence-electron chi connectivity index (χ4n) is 1.91. The molecule has 0 radical (unpaired) electrons. The number of sulfonamides is 1. The van der Waals surface area contributed by atoms with Crippen molar-refractivity contribution >= 4 is 21.8 Å². The quantitative estimate of drug-likeness (QED) is 0.916. The molecule has 1 aliphatic heterocycles. The van der Waals surface area contributed by atoms with Crippen molar-refractivity contribution in [2.45, 2.75) is 23.8 Å². The Morgan fingerprint density at radius 3 is 2.83 bits per heavy atom. The second-order valence-corrected chi connectivity index (χ2v) is 6.98. The largest absolute Gasteiger partial charge is 0.242 e. The molecule has 0 saturated carbocycles. The summed E-state index contributed by atoms with van der Waals surface area (Å²) >= 11 is 1.76. The molecule has 1 unspecified atom stereocenters. The zero-order valence-corrected chi connectivity index (χ0v) is 11.4. The maximum atomic E-state index is 12.2. The molecule has 6 heteroatoms. The fraction of sp³-hybridized carbons (Fsp3) is 0.417. The van der Waals surface area contributed by atoms with E-state index in [0.29, 0.717) is 0 Å². The van der Waals surface area contributed by atoms with E-state index in [1.807, 2.05) is 6.07 Å². The molecule has 1 heterocycles. The zero-order valence-electron chi connectivity index (χ0n) is 9.80. The molecule has 0 spiro atoms. The first-order valence-electron chi connectivity index (χ1n) is 5.73. The summed E-state index contributed by atoms with van der Waals surface area (Å²) in [5, 5.41) is 8.94. The van der Waals surface area contributed by atoms with Gasteiger partial charge < -0.3 is 0 Å². The number of hydrogen-bond acceptors (Lipinski definition) is 4. The van der Waals surface area contributed by atoms with Crippen LogP contribution in [-0.2, 0) is 10.0 Å². The Labute approximate surface area is 111 Å². The molecule has 4 nitrogen and oxygen atoms in total. The Hall–Kier alpha value is -1.03. The van der Waals surface area contributed by atoms with Crippen molar-refractivity contribution in [1.29, 1.82) is 5.26 Å². The summed E-state index contributed by atoms with van der Waals surface area (Å²) in [5.41, 5.74) is 0.188. The highest BCUT2D eigenvalue weighted by molar-refractivity contribution is 7.99. The van der Waals surface area contributed by atoms with Crippen LogP contribution in [0.15, 0.2) is 29.2 Å². The minimum atomic E-state index is -3.59. The molecule has 2 rings (SSSR count). The Kier molecular flexibility index (Phi) is 4.27. The highest BCUT2D eigenvalue weighted by Gasteiger charge is 2.23. The van der Waals surface area contributed by atoms with Gasteiger partial charge in [-0.3, -0.25) is 0 Å². The molecule has 1 aromatic carbocycles. The second kappa shape index (κ2) is 5.74. The van der Waals surface area contributed by atoms with Crippen molar-refractivity contribution in [3.05, 3.63) is 29.8 Å². The lowest BCUT2D eigenvalue weighted by Gasteiger charge is -2.22. The summed E-state index contributed by atoms with van der Waals surface area (Å²) in [6.45, 7) is 0. The summed E-state index contributed by atoms with van der Waals surface area (Å²) in [6, 6.07) is 8.17. The van der Waals surface area contributed by atoms with E-state index >= 15 is 0 Å². The van der Waals surface area contributed by atoms with Crippen LogP contribution in [0.4, 0.5) is 0 Å². The summed E-state index contributed by atoms with van der Waals surface area (Å²) in [4.78, 5) is 0.0723. The van der Waals surface area contributed by atoms with Gasteiger partial charge in [0.1, 0.15) is 6.07 Å². The molecular weight excluding hydrogens is 268 g/mol. The van der Waals surface area contributed by atoms with Gasteiger partial charge in [-0.25, -0.2) is 13.1 Å². The van der Waals surface area contributed by atoms with Crippen LogP contribution in [-0.4, -0.2) is 26.0 Å². The van der Waals surface area contributed by atoms with Crippen LogP contribution in [0.3, 0.4) is 0 Å². The van der Waals surface area contributed by atoms with E-state index in [9.17, 15) is 8.42 Å². The summed E-state index contributed by atoms with van der Waals surface area (Å²) < 4.78 is 27.1. The average Bonchev–Trinajstić information content (AvgIpc) is 2.39. The lowest BCUT2D eigenvalue weighted by Crippen LogP contribution is -2.38. The van der Waals surface area contributed by atoms with Crippen LogP contribution in [0.25, 0.3) is 0 Å². The lowest BCUT2D eigenvalue weighted by atomic mass is 10.2. The highest BCUT2D eigenvalue weighted by atomic mass is 32.2. The molecule has 1 aromatic rings. The van der Waals surface area contributed by atoms with Crippen LogP contribution in [0, 0.1) is 11.3 Å². The van der Waals surface area contributed by atoms with Gasteiger partial charge in [-0.1, -0.05) is 12.1 Å². The predicted octanol–water partition coefficient (Wildman–Crippen LogP) is 1.73. The van der Waals surface area contributed by atoms with Crippen LogP contribution in [0.2, 0.25) is 0 Å².